The molecule has 1 atom stereocenters. The molecule has 0 radical (unpaired) electrons. The van der Waals surface area contributed by atoms with Gasteiger partial charge in [-0.1, -0.05) is 18.9 Å². The zero-order valence-corrected chi connectivity index (χ0v) is 16.2. The normalized spacial score (nSPS) is 22.3. The molecule has 2 aliphatic heterocycles. The van der Waals surface area contributed by atoms with Gasteiger partial charge in [0.15, 0.2) is 11.5 Å². The largest absolute Gasteiger partial charge is 0.493 e. The minimum Gasteiger partial charge on any atom is -0.493 e. The van der Waals surface area contributed by atoms with E-state index in [0.717, 1.165) is 37.6 Å². The molecule has 0 bridgehead atoms. The molecule has 2 aliphatic rings. The van der Waals surface area contributed by atoms with Crippen LogP contribution in [0.25, 0.3) is 0 Å². The second-order valence-electron chi connectivity index (χ2n) is 7.54. The number of piperidine rings is 2. The Morgan fingerprint density at radius 2 is 1.85 bits per heavy atom. The fraction of sp³-hybridized carbons (Fsp3) is 0.714. The van der Waals surface area contributed by atoms with Gasteiger partial charge >= 0.3 is 0 Å². The number of ether oxygens (including phenoxy) is 2. The van der Waals surface area contributed by atoms with E-state index in [4.69, 9.17) is 9.47 Å². The zero-order chi connectivity index (χ0) is 18.2. The van der Waals surface area contributed by atoms with Gasteiger partial charge in [-0.2, -0.15) is 0 Å². The maximum Gasteiger partial charge on any atom is 0.161 e. The molecule has 1 N–H and O–H groups in total. The molecule has 5 nitrogen and oxygen atoms in total. The van der Waals surface area contributed by atoms with Gasteiger partial charge in [-0.05, 0) is 63.0 Å². The first-order chi connectivity index (χ1) is 12.8. The third-order valence-corrected chi connectivity index (χ3v) is 5.69. The topological polar surface area (TPSA) is 45.2 Å². The van der Waals surface area contributed by atoms with Crippen molar-refractivity contribution in [2.24, 2.45) is 0 Å². The predicted molar refractivity (Wildman–Crippen MR) is 104 cm³/mol. The van der Waals surface area contributed by atoms with Gasteiger partial charge in [0.1, 0.15) is 6.61 Å². The summed E-state index contributed by atoms with van der Waals surface area (Å²) in [5.41, 5.74) is 1.21. The zero-order valence-electron chi connectivity index (χ0n) is 16.2. The van der Waals surface area contributed by atoms with Crippen molar-refractivity contribution < 1.29 is 14.6 Å². The number of hydrogen-bond acceptors (Lipinski definition) is 5. The first-order valence-electron chi connectivity index (χ1n) is 10.2. The van der Waals surface area contributed by atoms with Crippen molar-refractivity contribution in [3.63, 3.8) is 0 Å². The lowest BCUT2D eigenvalue weighted by atomic mass is 10.0. The third kappa shape index (κ3) is 5.35. The smallest absolute Gasteiger partial charge is 0.161 e. The average Bonchev–Trinajstić information content (AvgIpc) is 2.70. The van der Waals surface area contributed by atoms with Gasteiger partial charge in [-0.25, -0.2) is 0 Å². The fourth-order valence-electron chi connectivity index (χ4n) is 4.11. The van der Waals surface area contributed by atoms with Crippen molar-refractivity contribution in [3.05, 3.63) is 23.8 Å². The van der Waals surface area contributed by atoms with Gasteiger partial charge in [-0.15, -0.1) is 0 Å². The number of likely N-dealkylation sites (tertiary alicyclic amines) is 2. The highest BCUT2D eigenvalue weighted by Gasteiger charge is 2.22. The van der Waals surface area contributed by atoms with Gasteiger partial charge in [0.25, 0.3) is 0 Å². The van der Waals surface area contributed by atoms with Gasteiger partial charge in [0.2, 0.25) is 0 Å². The summed E-state index contributed by atoms with van der Waals surface area (Å²) in [6.07, 6.45) is 7.50. The molecule has 0 unspecified atom stereocenters. The van der Waals surface area contributed by atoms with Gasteiger partial charge in [0.05, 0.1) is 13.7 Å². The molecule has 0 aromatic heterocycles. The Balaban J connectivity index is 1.54. The van der Waals surface area contributed by atoms with Crippen LogP contribution in [-0.2, 0) is 6.54 Å². The molecule has 0 amide bonds. The Kier molecular flexibility index (Phi) is 7.59. The molecule has 2 heterocycles. The van der Waals surface area contributed by atoms with Crippen LogP contribution >= 0.6 is 0 Å². The fourth-order valence-corrected chi connectivity index (χ4v) is 4.11. The number of benzene rings is 1. The molecular formula is C21H34N2O3. The molecule has 3 rings (SSSR count). The van der Waals surface area contributed by atoms with Crippen LogP contribution in [0.3, 0.4) is 0 Å². The minimum atomic E-state index is 0.245. The monoisotopic (exact) mass is 362 g/mol. The van der Waals surface area contributed by atoms with Crippen molar-refractivity contribution >= 4 is 0 Å². The van der Waals surface area contributed by atoms with E-state index in [2.05, 4.69) is 21.9 Å². The Morgan fingerprint density at radius 1 is 1.04 bits per heavy atom. The number of hydrogen-bond donors (Lipinski definition) is 1. The minimum absolute atomic E-state index is 0.245. The maximum atomic E-state index is 9.60. The highest BCUT2D eigenvalue weighted by molar-refractivity contribution is 5.43. The Labute approximate surface area is 157 Å². The van der Waals surface area contributed by atoms with Crippen molar-refractivity contribution in [1.82, 2.24) is 9.80 Å². The average molecular weight is 363 g/mol. The maximum absolute atomic E-state index is 9.60. The number of aliphatic hydroxyl groups is 1. The van der Waals surface area contributed by atoms with Gasteiger partial charge in [0, 0.05) is 19.1 Å². The van der Waals surface area contributed by atoms with E-state index in [1.165, 1.54) is 50.8 Å². The highest BCUT2D eigenvalue weighted by Crippen LogP contribution is 2.29. The van der Waals surface area contributed by atoms with E-state index < -0.39 is 0 Å². The van der Waals surface area contributed by atoms with E-state index in [-0.39, 0.29) is 12.6 Å². The molecule has 1 aromatic carbocycles. The molecular weight excluding hydrogens is 328 g/mol. The van der Waals surface area contributed by atoms with E-state index >= 15 is 0 Å². The van der Waals surface area contributed by atoms with Crippen LogP contribution in [0.15, 0.2) is 18.2 Å². The Hall–Kier alpha value is -1.30. The molecule has 0 spiro atoms. The predicted octanol–water partition coefficient (Wildman–Crippen LogP) is 2.91. The number of nitrogens with zero attached hydrogens (tertiary/aromatic N) is 2. The second-order valence-corrected chi connectivity index (χ2v) is 7.54. The molecule has 146 valence electrons. The molecule has 0 aliphatic carbocycles. The van der Waals surface area contributed by atoms with Crippen molar-refractivity contribution in [1.29, 1.82) is 0 Å². The van der Waals surface area contributed by atoms with Crippen molar-refractivity contribution in [3.8, 4) is 11.5 Å². The summed E-state index contributed by atoms with van der Waals surface area (Å²) >= 11 is 0. The number of rotatable bonds is 8. The second kappa shape index (κ2) is 10.1. The Morgan fingerprint density at radius 3 is 2.62 bits per heavy atom. The van der Waals surface area contributed by atoms with E-state index in [9.17, 15) is 5.11 Å². The molecule has 1 aromatic rings. The van der Waals surface area contributed by atoms with Crippen LogP contribution < -0.4 is 9.47 Å². The van der Waals surface area contributed by atoms with Crippen LogP contribution in [-0.4, -0.2) is 67.5 Å². The molecule has 26 heavy (non-hydrogen) atoms. The lowest BCUT2D eigenvalue weighted by Gasteiger charge is -2.34. The van der Waals surface area contributed by atoms with E-state index in [1.54, 1.807) is 7.11 Å². The Bertz CT molecular complexity index is 546. The van der Waals surface area contributed by atoms with Crippen molar-refractivity contribution in [2.45, 2.75) is 51.1 Å². The quantitative estimate of drug-likeness (QED) is 0.770. The summed E-state index contributed by atoms with van der Waals surface area (Å²) in [5.74, 6) is 1.63. The van der Waals surface area contributed by atoms with Gasteiger partial charge in [-0.3, -0.25) is 9.80 Å². The number of methoxy groups -OCH3 is 1. The molecule has 2 saturated heterocycles. The summed E-state index contributed by atoms with van der Waals surface area (Å²) < 4.78 is 11.6. The van der Waals surface area contributed by atoms with Crippen molar-refractivity contribution in [2.75, 3.05) is 46.5 Å². The third-order valence-electron chi connectivity index (χ3n) is 5.69. The summed E-state index contributed by atoms with van der Waals surface area (Å²) in [7, 11) is 1.70. The van der Waals surface area contributed by atoms with E-state index in [0.29, 0.717) is 6.61 Å². The van der Waals surface area contributed by atoms with Crippen LogP contribution in [0, 0.1) is 0 Å². The summed E-state index contributed by atoms with van der Waals surface area (Å²) in [4.78, 5) is 4.87. The van der Waals surface area contributed by atoms with Crippen LogP contribution in [0.5, 0.6) is 11.5 Å². The SMILES string of the molecule is COc1cc(CN2CCCC[C@H]2CO)ccc1OCCN1CCCCC1. The van der Waals surface area contributed by atoms with Crippen LogP contribution in [0.2, 0.25) is 0 Å². The summed E-state index contributed by atoms with van der Waals surface area (Å²) in [6.45, 7) is 6.24. The van der Waals surface area contributed by atoms with E-state index in [1.807, 2.05) is 6.07 Å². The summed E-state index contributed by atoms with van der Waals surface area (Å²) in [5, 5.41) is 9.60. The molecule has 5 heteroatoms. The summed E-state index contributed by atoms with van der Waals surface area (Å²) in [6, 6.07) is 6.53. The molecule has 0 saturated carbocycles. The number of aliphatic hydroxyl groups excluding tert-OH is 1. The standard InChI is InChI=1S/C21H34N2O3/c1-25-21-15-18(16-23-12-6-3-7-19(23)17-24)8-9-20(21)26-14-13-22-10-4-2-5-11-22/h8-9,15,19,24H,2-7,10-14,16-17H2,1H3/t19-/m0/s1. The molecule has 2 fully saturated rings. The first-order valence-corrected chi connectivity index (χ1v) is 10.2. The lowest BCUT2D eigenvalue weighted by molar-refractivity contribution is 0.0840. The lowest BCUT2D eigenvalue weighted by Crippen LogP contribution is -2.41. The highest BCUT2D eigenvalue weighted by atomic mass is 16.5. The van der Waals surface area contributed by atoms with Crippen LogP contribution in [0.1, 0.15) is 44.1 Å². The van der Waals surface area contributed by atoms with Crippen LogP contribution in [0.4, 0.5) is 0 Å². The first kappa shape index (κ1) is 19.5. The van der Waals surface area contributed by atoms with Gasteiger partial charge < -0.3 is 14.6 Å².